The van der Waals surface area contributed by atoms with Gasteiger partial charge in [0, 0.05) is 25.7 Å². The minimum atomic E-state index is -0.516. The van der Waals surface area contributed by atoms with Crippen LogP contribution in [0.4, 0.5) is 0 Å². The lowest BCUT2D eigenvalue weighted by atomic mass is 9.96. The third-order valence-electron chi connectivity index (χ3n) is 4.65. The number of ether oxygens (including phenoxy) is 1. The summed E-state index contributed by atoms with van der Waals surface area (Å²) in [5.74, 6) is -0.210. The second-order valence-electron chi connectivity index (χ2n) is 5.86. The number of carbonyl (C=O) groups is 1. The van der Waals surface area contributed by atoms with Crippen LogP contribution >= 0.6 is 0 Å². The van der Waals surface area contributed by atoms with E-state index in [9.17, 15) is 4.79 Å². The molecule has 5 heteroatoms. The molecular weight excluding hydrogens is 254 g/mol. The van der Waals surface area contributed by atoms with Crippen LogP contribution < -0.4 is 11.1 Å². The average Bonchev–Trinajstić information content (AvgIpc) is 2.85. The van der Waals surface area contributed by atoms with Crippen LogP contribution in [0.3, 0.4) is 0 Å². The second-order valence-corrected chi connectivity index (χ2v) is 5.86. The van der Waals surface area contributed by atoms with Crippen molar-refractivity contribution in [3.63, 3.8) is 0 Å². The topological polar surface area (TPSA) is 67.6 Å². The van der Waals surface area contributed by atoms with E-state index in [1.165, 1.54) is 0 Å². The number of nitrogens with one attached hydrogen (secondary N) is 1. The van der Waals surface area contributed by atoms with Gasteiger partial charge in [-0.1, -0.05) is 13.8 Å². The fourth-order valence-electron chi connectivity index (χ4n) is 3.31. The van der Waals surface area contributed by atoms with Crippen molar-refractivity contribution in [1.29, 1.82) is 0 Å². The summed E-state index contributed by atoms with van der Waals surface area (Å²) in [6, 6.07) is 0.909. The van der Waals surface area contributed by atoms with Crippen molar-refractivity contribution in [1.82, 2.24) is 10.2 Å². The number of primary amides is 1. The number of hydrogen-bond donors (Lipinski definition) is 2. The van der Waals surface area contributed by atoms with Crippen LogP contribution in [0.15, 0.2) is 0 Å². The quantitative estimate of drug-likeness (QED) is 0.666. The summed E-state index contributed by atoms with van der Waals surface area (Å²) in [5, 5.41) is 3.32. The highest BCUT2D eigenvalue weighted by Gasteiger charge is 2.45. The molecule has 0 radical (unpaired) electrons. The van der Waals surface area contributed by atoms with Crippen molar-refractivity contribution < 1.29 is 9.53 Å². The van der Waals surface area contributed by atoms with Crippen LogP contribution in [-0.2, 0) is 9.53 Å². The number of hydrogen-bond acceptors (Lipinski definition) is 4. The normalized spacial score (nSPS) is 27.9. The number of nitrogens with zero attached hydrogens (tertiary/aromatic N) is 1. The lowest BCUT2D eigenvalue weighted by Crippen LogP contribution is -2.55. The SMILES string of the molecule is CCNC1(C(N)=O)CCC(N(CCOC)C(C)CC)C1. The maximum Gasteiger partial charge on any atom is 0.237 e. The molecule has 0 bridgehead atoms. The number of carbonyl (C=O) groups excluding carboxylic acids is 1. The van der Waals surface area contributed by atoms with Crippen molar-refractivity contribution in [3.05, 3.63) is 0 Å². The zero-order valence-electron chi connectivity index (χ0n) is 13.4. The minimum absolute atomic E-state index is 0.210. The Kier molecular flexibility index (Phi) is 6.92. The van der Waals surface area contributed by atoms with Crippen LogP contribution in [0, 0.1) is 0 Å². The summed E-state index contributed by atoms with van der Waals surface area (Å²) < 4.78 is 5.22. The van der Waals surface area contributed by atoms with Gasteiger partial charge >= 0.3 is 0 Å². The van der Waals surface area contributed by atoms with Crippen molar-refractivity contribution in [2.24, 2.45) is 5.73 Å². The highest BCUT2D eigenvalue weighted by atomic mass is 16.5. The maximum absolute atomic E-state index is 11.9. The fraction of sp³-hybridized carbons (Fsp3) is 0.933. The summed E-state index contributed by atoms with van der Waals surface area (Å²) in [5.41, 5.74) is 5.13. The van der Waals surface area contributed by atoms with Crippen molar-refractivity contribution in [2.75, 3.05) is 26.8 Å². The predicted octanol–water partition coefficient (Wildman–Crippen LogP) is 1.12. The second kappa shape index (κ2) is 7.96. The largest absolute Gasteiger partial charge is 0.383 e. The molecule has 1 amide bonds. The van der Waals surface area contributed by atoms with E-state index >= 15 is 0 Å². The number of methoxy groups -OCH3 is 1. The first-order chi connectivity index (χ1) is 9.50. The van der Waals surface area contributed by atoms with Gasteiger partial charge in [-0.3, -0.25) is 9.69 Å². The smallest absolute Gasteiger partial charge is 0.237 e. The molecule has 5 nitrogen and oxygen atoms in total. The average molecular weight is 285 g/mol. The molecule has 1 aliphatic carbocycles. The van der Waals surface area contributed by atoms with Gasteiger partial charge in [-0.15, -0.1) is 0 Å². The Hall–Kier alpha value is -0.650. The molecule has 3 N–H and O–H groups in total. The molecule has 118 valence electrons. The molecule has 0 aromatic carbocycles. The zero-order chi connectivity index (χ0) is 15.2. The van der Waals surface area contributed by atoms with E-state index in [-0.39, 0.29) is 5.91 Å². The summed E-state index contributed by atoms with van der Waals surface area (Å²) in [6.07, 6.45) is 3.76. The molecule has 0 aliphatic heterocycles. The Bertz CT molecular complexity index is 311. The van der Waals surface area contributed by atoms with E-state index in [2.05, 4.69) is 24.1 Å². The molecule has 3 atom stereocenters. The number of rotatable bonds is 9. The van der Waals surface area contributed by atoms with Crippen LogP contribution in [0.5, 0.6) is 0 Å². The minimum Gasteiger partial charge on any atom is -0.383 e. The molecule has 1 aliphatic rings. The highest BCUT2D eigenvalue weighted by molar-refractivity contribution is 5.85. The predicted molar refractivity (Wildman–Crippen MR) is 81.6 cm³/mol. The highest BCUT2D eigenvalue weighted by Crippen LogP contribution is 2.34. The van der Waals surface area contributed by atoms with Gasteiger partial charge in [0.15, 0.2) is 0 Å². The van der Waals surface area contributed by atoms with Crippen LogP contribution in [0.2, 0.25) is 0 Å². The summed E-state index contributed by atoms with van der Waals surface area (Å²) in [4.78, 5) is 14.3. The van der Waals surface area contributed by atoms with Gasteiger partial charge in [0.1, 0.15) is 0 Å². The van der Waals surface area contributed by atoms with E-state index in [1.54, 1.807) is 7.11 Å². The molecule has 0 aromatic rings. The lowest BCUT2D eigenvalue weighted by Gasteiger charge is -2.35. The molecule has 0 aromatic heterocycles. The fourth-order valence-corrected chi connectivity index (χ4v) is 3.31. The van der Waals surface area contributed by atoms with E-state index < -0.39 is 5.54 Å². The summed E-state index contributed by atoms with van der Waals surface area (Å²) >= 11 is 0. The Morgan fingerprint density at radius 2 is 2.25 bits per heavy atom. The van der Waals surface area contributed by atoms with Crippen molar-refractivity contribution in [2.45, 2.75) is 64.1 Å². The monoisotopic (exact) mass is 285 g/mol. The Balaban J connectivity index is 2.77. The van der Waals surface area contributed by atoms with Crippen LogP contribution in [0.25, 0.3) is 0 Å². The molecular formula is C15H31N3O2. The van der Waals surface area contributed by atoms with E-state index in [1.807, 2.05) is 6.92 Å². The van der Waals surface area contributed by atoms with Crippen molar-refractivity contribution in [3.8, 4) is 0 Å². The summed E-state index contributed by atoms with van der Waals surface area (Å²) in [6.45, 7) is 8.88. The number of likely N-dealkylation sites (N-methyl/N-ethyl adjacent to an activating group) is 1. The number of nitrogens with two attached hydrogens (primary N) is 1. The van der Waals surface area contributed by atoms with E-state index in [0.29, 0.717) is 12.1 Å². The third kappa shape index (κ3) is 3.93. The van der Waals surface area contributed by atoms with Gasteiger partial charge in [-0.2, -0.15) is 0 Å². The van der Waals surface area contributed by atoms with Gasteiger partial charge < -0.3 is 15.8 Å². The van der Waals surface area contributed by atoms with Crippen LogP contribution in [0.1, 0.15) is 46.5 Å². The lowest BCUT2D eigenvalue weighted by molar-refractivity contribution is -0.124. The van der Waals surface area contributed by atoms with Crippen LogP contribution in [-0.4, -0.2) is 55.2 Å². The maximum atomic E-state index is 11.9. The molecule has 0 spiro atoms. The van der Waals surface area contributed by atoms with Gasteiger partial charge in [0.05, 0.1) is 12.1 Å². The van der Waals surface area contributed by atoms with Gasteiger partial charge in [0.25, 0.3) is 0 Å². The van der Waals surface area contributed by atoms with Crippen molar-refractivity contribution >= 4 is 5.91 Å². The molecule has 1 rings (SSSR count). The van der Waals surface area contributed by atoms with Gasteiger partial charge in [-0.05, 0) is 39.2 Å². The Morgan fingerprint density at radius 1 is 1.55 bits per heavy atom. The first kappa shape index (κ1) is 17.4. The molecule has 3 unspecified atom stereocenters. The first-order valence-electron chi connectivity index (χ1n) is 7.80. The summed E-state index contributed by atoms with van der Waals surface area (Å²) in [7, 11) is 1.73. The van der Waals surface area contributed by atoms with Gasteiger partial charge in [0.2, 0.25) is 5.91 Å². The first-order valence-corrected chi connectivity index (χ1v) is 7.80. The molecule has 0 heterocycles. The van der Waals surface area contributed by atoms with E-state index in [0.717, 1.165) is 45.4 Å². The molecule has 20 heavy (non-hydrogen) atoms. The van der Waals surface area contributed by atoms with E-state index in [4.69, 9.17) is 10.5 Å². The molecule has 1 saturated carbocycles. The molecule has 0 saturated heterocycles. The standard InChI is InChI=1S/C15H31N3O2/c1-5-12(3)18(9-10-20-4)13-7-8-15(11-13,14(16)19)17-6-2/h12-13,17H,5-11H2,1-4H3,(H2,16,19). The Labute approximate surface area is 123 Å². The third-order valence-corrected chi connectivity index (χ3v) is 4.65. The zero-order valence-corrected chi connectivity index (χ0v) is 13.4. The Morgan fingerprint density at radius 3 is 2.75 bits per heavy atom. The molecule has 1 fully saturated rings. The van der Waals surface area contributed by atoms with Gasteiger partial charge in [-0.25, -0.2) is 0 Å². The number of amides is 1.